The van der Waals surface area contributed by atoms with Gasteiger partial charge in [-0.05, 0) is 58.4 Å². The SMILES string of the molecule is O=C(Nc1ccc[n+](O)c1)c1c(Oc2ccc(OC(F)(F)F)cc2)ccc(Br)c1F. The van der Waals surface area contributed by atoms with Crippen LogP contribution in [0.2, 0.25) is 0 Å². The highest BCUT2D eigenvalue weighted by Crippen LogP contribution is 2.33. The number of pyridine rings is 1. The van der Waals surface area contributed by atoms with Gasteiger partial charge in [0.05, 0.1) is 4.47 Å². The summed E-state index contributed by atoms with van der Waals surface area (Å²) < 4.78 is 61.4. The number of hydrogen-bond acceptors (Lipinski definition) is 4. The van der Waals surface area contributed by atoms with Crippen LogP contribution in [0.1, 0.15) is 10.4 Å². The fourth-order valence-corrected chi connectivity index (χ4v) is 2.73. The minimum atomic E-state index is -4.84. The topological polar surface area (TPSA) is 71.7 Å². The summed E-state index contributed by atoms with van der Waals surface area (Å²) >= 11 is 2.99. The molecule has 1 amide bonds. The van der Waals surface area contributed by atoms with E-state index in [4.69, 9.17) is 4.74 Å². The molecule has 2 aromatic carbocycles. The zero-order valence-corrected chi connectivity index (χ0v) is 16.4. The summed E-state index contributed by atoms with van der Waals surface area (Å²) in [6, 6.07) is 9.94. The van der Waals surface area contributed by atoms with Crippen LogP contribution in [0.5, 0.6) is 17.2 Å². The molecule has 0 saturated carbocycles. The lowest BCUT2D eigenvalue weighted by Crippen LogP contribution is -2.29. The lowest BCUT2D eigenvalue weighted by molar-refractivity contribution is -0.904. The molecule has 0 spiro atoms. The predicted molar refractivity (Wildman–Crippen MR) is 99.1 cm³/mol. The number of benzene rings is 2. The number of anilines is 1. The summed E-state index contributed by atoms with van der Waals surface area (Å²) in [5.74, 6) is -2.36. The third-order valence-corrected chi connectivity index (χ3v) is 4.23. The number of hydrogen-bond donors (Lipinski definition) is 2. The molecule has 0 saturated heterocycles. The number of nitrogens with zero attached hydrogens (tertiary/aromatic N) is 1. The first kappa shape index (κ1) is 21.4. The maximum absolute atomic E-state index is 14.7. The molecule has 3 rings (SSSR count). The van der Waals surface area contributed by atoms with Crippen LogP contribution in [-0.2, 0) is 0 Å². The number of nitrogens with one attached hydrogen (secondary N) is 1. The van der Waals surface area contributed by atoms with Crippen molar-refractivity contribution in [2.24, 2.45) is 0 Å². The highest BCUT2D eigenvalue weighted by molar-refractivity contribution is 9.10. The minimum absolute atomic E-state index is 0.000732. The molecule has 1 heterocycles. The van der Waals surface area contributed by atoms with Gasteiger partial charge in [0.1, 0.15) is 28.5 Å². The van der Waals surface area contributed by atoms with Gasteiger partial charge in [0.15, 0.2) is 5.82 Å². The molecule has 0 unspecified atom stereocenters. The van der Waals surface area contributed by atoms with Crippen molar-refractivity contribution >= 4 is 27.5 Å². The molecule has 11 heteroatoms. The molecule has 30 heavy (non-hydrogen) atoms. The van der Waals surface area contributed by atoms with Crippen molar-refractivity contribution < 1.29 is 41.8 Å². The Morgan fingerprint density at radius 1 is 1.07 bits per heavy atom. The molecule has 0 fully saturated rings. The van der Waals surface area contributed by atoms with Crippen LogP contribution >= 0.6 is 15.9 Å². The van der Waals surface area contributed by atoms with Crippen LogP contribution in [0, 0.1) is 5.82 Å². The van der Waals surface area contributed by atoms with Crippen LogP contribution in [0.3, 0.4) is 0 Å². The molecule has 0 atom stereocenters. The molecule has 0 bridgehead atoms. The maximum Gasteiger partial charge on any atom is 0.573 e. The molecule has 3 aromatic rings. The Labute approximate surface area is 175 Å². The van der Waals surface area contributed by atoms with E-state index in [1.54, 1.807) is 0 Å². The van der Waals surface area contributed by atoms with Gasteiger partial charge in [0.2, 0.25) is 12.4 Å². The van der Waals surface area contributed by atoms with Crippen molar-refractivity contribution in [1.82, 2.24) is 0 Å². The quantitative estimate of drug-likeness (QED) is 0.300. The summed E-state index contributed by atoms with van der Waals surface area (Å²) in [5, 5.41) is 11.8. The van der Waals surface area contributed by atoms with Crippen molar-refractivity contribution in [2.45, 2.75) is 6.36 Å². The highest BCUT2D eigenvalue weighted by atomic mass is 79.9. The van der Waals surface area contributed by atoms with Crippen LogP contribution in [0.25, 0.3) is 0 Å². The second kappa shape index (κ2) is 8.57. The predicted octanol–water partition coefficient (Wildman–Crippen LogP) is 5.06. The number of halogens is 5. The summed E-state index contributed by atoms with van der Waals surface area (Å²) in [5.41, 5.74) is -0.266. The van der Waals surface area contributed by atoms with E-state index < -0.39 is 29.4 Å². The van der Waals surface area contributed by atoms with Crippen LogP contribution in [0.15, 0.2) is 65.4 Å². The van der Waals surface area contributed by atoms with Crippen LogP contribution < -0.4 is 19.5 Å². The molecular weight excluding hydrogens is 476 g/mol. The van der Waals surface area contributed by atoms with E-state index in [0.717, 1.165) is 12.1 Å². The van der Waals surface area contributed by atoms with Crippen molar-refractivity contribution in [3.8, 4) is 17.2 Å². The Kier molecular flexibility index (Phi) is 6.11. The fraction of sp³-hybridized carbons (Fsp3) is 0.0526. The monoisotopic (exact) mass is 487 g/mol. The number of alkyl halides is 3. The Hall–Kier alpha value is -3.34. The third kappa shape index (κ3) is 5.38. The number of ether oxygens (including phenoxy) is 2. The zero-order valence-electron chi connectivity index (χ0n) is 14.8. The van der Waals surface area contributed by atoms with E-state index in [1.807, 2.05) is 0 Å². The molecular formula is C19H12BrF4N2O4+. The van der Waals surface area contributed by atoms with Crippen molar-refractivity contribution in [3.05, 3.63) is 76.8 Å². The summed E-state index contributed by atoms with van der Waals surface area (Å²) in [7, 11) is 0. The van der Waals surface area contributed by atoms with Gasteiger partial charge in [0.25, 0.3) is 5.91 Å². The Morgan fingerprint density at radius 3 is 2.37 bits per heavy atom. The molecule has 0 aliphatic heterocycles. The largest absolute Gasteiger partial charge is 0.573 e. The average molecular weight is 488 g/mol. The van der Waals surface area contributed by atoms with Gasteiger partial charge < -0.3 is 14.8 Å². The van der Waals surface area contributed by atoms with E-state index in [-0.39, 0.29) is 21.7 Å². The van der Waals surface area contributed by atoms with E-state index in [0.29, 0.717) is 4.73 Å². The fourth-order valence-electron chi connectivity index (χ4n) is 2.40. The summed E-state index contributed by atoms with van der Waals surface area (Å²) in [4.78, 5) is 12.6. The zero-order chi connectivity index (χ0) is 21.9. The molecule has 0 aliphatic carbocycles. The highest BCUT2D eigenvalue weighted by Gasteiger charge is 2.31. The minimum Gasteiger partial charge on any atom is -0.456 e. The van der Waals surface area contributed by atoms with E-state index in [1.165, 1.54) is 48.8 Å². The van der Waals surface area contributed by atoms with E-state index in [9.17, 15) is 27.6 Å². The van der Waals surface area contributed by atoms with Crippen molar-refractivity contribution in [1.29, 1.82) is 0 Å². The Morgan fingerprint density at radius 2 is 1.73 bits per heavy atom. The van der Waals surface area contributed by atoms with Gasteiger partial charge >= 0.3 is 6.36 Å². The second-order valence-corrected chi connectivity index (χ2v) is 6.64. The van der Waals surface area contributed by atoms with Crippen molar-refractivity contribution in [3.63, 3.8) is 0 Å². The summed E-state index contributed by atoms with van der Waals surface area (Å²) in [6.07, 6.45) is -2.34. The Balaban J connectivity index is 1.87. The first-order chi connectivity index (χ1) is 14.1. The molecule has 0 aliphatic rings. The standard InChI is InChI=1S/C19H11BrF4N2O4/c20-14-7-8-15(29-12-3-5-13(6-4-12)30-19(22,23)24)16(17(14)21)18(27)25-11-2-1-9-26(28)10-11/h1-10H,(H-,25,27,28)/p+1. The number of aromatic nitrogens is 1. The van der Waals surface area contributed by atoms with E-state index in [2.05, 4.69) is 26.0 Å². The van der Waals surface area contributed by atoms with Gasteiger partial charge in [-0.25, -0.2) is 4.39 Å². The third-order valence-electron chi connectivity index (χ3n) is 3.61. The number of amides is 1. The number of rotatable bonds is 5. The molecule has 156 valence electrons. The van der Waals surface area contributed by atoms with Gasteiger partial charge in [0, 0.05) is 10.8 Å². The molecule has 6 nitrogen and oxygen atoms in total. The first-order valence-electron chi connectivity index (χ1n) is 8.16. The molecule has 0 radical (unpaired) electrons. The molecule has 2 N–H and O–H groups in total. The van der Waals surface area contributed by atoms with Crippen LogP contribution in [0.4, 0.5) is 23.2 Å². The van der Waals surface area contributed by atoms with Gasteiger partial charge in [-0.3, -0.25) is 10.0 Å². The van der Waals surface area contributed by atoms with Gasteiger partial charge in [-0.15, -0.1) is 13.2 Å². The van der Waals surface area contributed by atoms with Crippen molar-refractivity contribution in [2.75, 3.05) is 5.32 Å². The first-order valence-corrected chi connectivity index (χ1v) is 8.95. The lowest BCUT2D eigenvalue weighted by Gasteiger charge is -2.14. The molecule has 1 aromatic heterocycles. The second-order valence-electron chi connectivity index (χ2n) is 5.78. The Bertz CT molecular complexity index is 1080. The average Bonchev–Trinajstić information content (AvgIpc) is 2.65. The van der Waals surface area contributed by atoms with Gasteiger partial charge in [-0.1, -0.05) is 0 Å². The number of carbonyl (C=O) groups is 1. The van der Waals surface area contributed by atoms with Gasteiger partial charge in [-0.2, -0.15) is 0 Å². The normalized spacial score (nSPS) is 11.1. The number of carbonyl (C=O) groups excluding carboxylic acids is 1. The lowest BCUT2D eigenvalue weighted by atomic mass is 10.1. The maximum atomic E-state index is 14.7. The summed E-state index contributed by atoms with van der Waals surface area (Å²) in [6.45, 7) is 0. The van der Waals surface area contributed by atoms with Crippen LogP contribution in [-0.4, -0.2) is 17.5 Å². The van der Waals surface area contributed by atoms with E-state index >= 15 is 0 Å². The smallest absolute Gasteiger partial charge is 0.456 e.